The molecule has 0 spiro atoms. The third-order valence-electron chi connectivity index (χ3n) is 3.25. The van der Waals surface area contributed by atoms with Crippen molar-refractivity contribution in [3.63, 3.8) is 0 Å². The summed E-state index contributed by atoms with van der Waals surface area (Å²) in [5.41, 5.74) is -0.00694. The molecule has 2 saturated carbocycles. The van der Waals surface area contributed by atoms with Gasteiger partial charge in [-0.05, 0) is 25.2 Å². The zero-order valence-corrected chi connectivity index (χ0v) is 6.93. The van der Waals surface area contributed by atoms with Crippen molar-refractivity contribution in [2.45, 2.75) is 32.1 Å². The Morgan fingerprint density at radius 1 is 1.55 bits per heavy atom. The van der Waals surface area contributed by atoms with Crippen LogP contribution in [0.3, 0.4) is 0 Å². The SMILES string of the molecule is COC(=O)C12CCCCC1C2. The molecule has 0 saturated heterocycles. The number of ether oxygens (including phenoxy) is 1. The number of methoxy groups -OCH3 is 1. The fraction of sp³-hybridized carbons (Fsp3) is 0.889. The van der Waals surface area contributed by atoms with Crippen LogP contribution < -0.4 is 0 Å². The van der Waals surface area contributed by atoms with Gasteiger partial charge in [-0.15, -0.1) is 0 Å². The van der Waals surface area contributed by atoms with Crippen molar-refractivity contribution < 1.29 is 9.53 Å². The maximum absolute atomic E-state index is 11.3. The van der Waals surface area contributed by atoms with Gasteiger partial charge in [0.05, 0.1) is 12.5 Å². The molecule has 2 nitrogen and oxygen atoms in total. The molecule has 0 radical (unpaired) electrons. The summed E-state index contributed by atoms with van der Waals surface area (Å²) in [5.74, 6) is 0.714. The van der Waals surface area contributed by atoms with Gasteiger partial charge in [-0.1, -0.05) is 12.8 Å². The fourth-order valence-corrected chi connectivity index (χ4v) is 2.45. The number of esters is 1. The lowest BCUT2D eigenvalue weighted by molar-refractivity contribution is -0.148. The maximum atomic E-state index is 11.3. The van der Waals surface area contributed by atoms with Crippen LogP contribution in [-0.2, 0) is 9.53 Å². The van der Waals surface area contributed by atoms with E-state index < -0.39 is 0 Å². The van der Waals surface area contributed by atoms with Gasteiger partial charge in [0, 0.05) is 0 Å². The van der Waals surface area contributed by atoms with E-state index in [1.807, 2.05) is 0 Å². The summed E-state index contributed by atoms with van der Waals surface area (Å²) in [5, 5.41) is 0. The molecule has 2 rings (SSSR count). The molecule has 0 aromatic carbocycles. The van der Waals surface area contributed by atoms with Gasteiger partial charge >= 0.3 is 5.97 Å². The minimum absolute atomic E-state index is 0.00694. The van der Waals surface area contributed by atoms with Crippen molar-refractivity contribution in [1.29, 1.82) is 0 Å². The second-order valence-electron chi connectivity index (χ2n) is 3.79. The van der Waals surface area contributed by atoms with E-state index in [2.05, 4.69) is 0 Å². The zero-order chi connectivity index (χ0) is 7.90. The van der Waals surface area contributed by atoms with Crippen LogP contribution in [0.25, 0.3) is 0 Å². The largest absolute Gasteiger partial charge is 0.469 e. The summed E-state index contributed by atoms with van der Waals surface area (Å²) >= 11 is 0. The van der Waals surface area contributed by atoms with Crippen LogP contribution in [-0.4, -0.2) is 13.1 Å². The van der Waals surface area contributed by atoms with Crippen LogP contribution in [0, 0.1) is 11.3 Å². The van der Waals surface area contributed by atoms with E-state index in [-0.39, 0.29) is 11.4 Å². The average Bonchev–Trinajstić information content (AvgIpc) is 2.78. The number of rotatable bonds is 1. The maximum Gasteiger partial charge on any atom is 0.312 e. The highest BCUT2D eigenvalue weighted by Crippen LogP contribution is 2.61. The van der Waals surface area contributed by atoms with Crippen molar-refractivity contribution in [2.75, 3.05) is 7.11 Å². The summed E-state index contributed by atoms with van der Waals surface area (Å²) < 4.78 is 4.80. The summed E-state index contributed by atoms with van der Waals surface area (Å²) in [7, 11) is 1.50. The normalized spacial score (nSPS) is 41.0. The van der Waals surface area contributed by atoms with Crippen molar-refractivity contribution in [2.24, 2.45) is 11.3 Å². The highest BCUT2D eigenvalue weighted by Gasteiger charge is 2.60. The Morgan fingerprint density at radius 3 is 3.00 bits per heavy atom. The molecule has 0 aromatic rings. The monoisotopic (exact) mass is 154 g/mol. The molecule has 0 amide bonds. The second-order valence-corrected chi connectivity index (χ2v) is 3.79. The Bertz CT molecular complexity index is 188. The predicted molar refractivity (Wildman–Crippen MR) is 41.0 cm³/mol. The predicted octanol–water partition coefficient (Wildman–Crippen LogP) is 1.74. The van der Waals surface area contributed by atoms with Gasteiger partial charge in [-0.25, -0.2) is 0 Å². The molecule has 0 N–H and O–H groups in total. The van der Waals surface area contributed by atoms with Crippen molar-refractivity contribution in [1.82, 2.24) is 0 Å². The topological polar surface area (TPSA) is 26.3 Å². The first-order valence-corrected chi connectivity index (χ1v) is 4.38. The van der Waals surface area contributed by atoms with Crippen LogP contribution in [0.4, 0.5) is 0 Å². The summed E-state index contributed by atoms with van der Waals surface area (Å²) in [6.07, 6.45) is 5.94. The van der Waals surface area contributed by atoms with Crippen molar-refractivity contribution in [3.8, 4) is 0 Å². The first-order valence-electron chi connectivity index (χ1n) is 4.38. The molecule has 2 unspecified atom stereocenters. The molecule has 2 atom stereocenters. The number of carbonyl (C=O) groups is 1. The Labute approximate surface area is 66.9 Å². The molecular formula is C9H14O2. The molecular weight excluding hydrogens is 140 g/mol. The van der Waals surface area contributed by atoms with Gasteiger partial charge in [-0.2, -0.15) is 0 Å². The van der Waals surface area contributed by atoms with E-state index in [9.17, 15) is 4.79 Å². The third kappa shape index (κ3) is 0.883. The van der Waals surface area contributed by atoms with Gasteiger partial charge in [0.2, 0.25) is 0 Å². The van der Waals surface area contributed by atoms with Crippen molar-refractivity contribution in [3.05, 3.63) is 0 Å². The van der Waals surface area contributed by atoms with Gasteiger partial charge in [-0.3, -0.25) is 4.79 Å². The van der Waals surface area contributed by atoms with Crippen LogP contribution in [0.1, 0.15) is 32.1 Å². The molecule has 62 valence electrons. The van der Waals surface area contributed by atoms with Crippen LogP contribution in [0.5, 0.6) is 0 Å². The summed E-state index contributed by atoms with van der Waals surface area (Å²) in [4.78, 5) is 11.3. The van der Waals surface area contributed by atoms with Gasteiger partial charge in [0.15, 0.2) is 0 Å². The lowest BCUT2D eigenvalue weighted by atomic mass is 9.89. The van der Waals surface area contributed by atoms with E-state index in [1.165, 1.54) is 26.4 Å². The fourth-order valence-electron chi connectivity index (χ4n) is 2.45. The molecule has 0 aliphatic heterocycles. The highest BCUT2D eigenvalue weighted by molar-refractivity contribution is 5.80. The number of carbonyl (C=O) groups excluding carboxylic acids is 1. The molecule has 0 aromatic heterocycles. The van der Waals surface area contributed by atoms with Crippen LogP contribution >= 0.6 is 0 Å². The van der Waals surface area contributed by atoms with Gasteiger partial charge in [0.1, 0.15) is 0 Å². The first-order chi connectivity index (χ1) is 5.29. The lowest BCUT2D eigenvalue weighted by Crippen LogP contribution is -2.22. The zero-order valence-electron chi connectivity index (χ0n) is 6.93. The Balaban J connectivity index is 2.07. The third-order valence-corrected chi connectivity index (χ3v) is 3.25. The van der Waals surface area contributed by atoms with E-state index in [0.29, 0.717) is 5.92 Å². The molecule has 2 fully saturated rings. The molecule has 2 heteroatoms. The number of hydrogen-bond donors (Lipinski definition) is 0. The molecule has 2 aliphatic rings. The highest BCUT2D eigenvalue weighted by atomic mass is 16.5. The Hall–Kier alpha value is -0.530. The van der Waals surface area contributed by atoms with Gasteiger partial charge < -0.3 is 4.74 Å². The van der Waals surface area contributed by atoms with E-state index in [1.54, 1.807) is 0 Å². The van der Waals surface area contributed by atoms with Crippen LogP contribution in [0.2, 0.25) is 0 Å². The number of fused-ring (bicyclic) bond motifs is 1. The minimum Gasteiger partial charge on any atom is -0.469 e. The summed E-state index contributed by atoms with van der Waals surface area (Å²) in [6.45, 7) is 0. The smallest absolute Gasteiger partial charge is 0.312 e. The first kappa shape index (κ1) is 7.14. The van der Waals surface area contributed by atoms with Gasteiger partial charge in [0.25, 0.3) is 0 Å². The van der Waals surface area contributed by atoms with E-state index in [0.717, 1.165) is 12.8 Å². The molecule has 11 heavy (non-hydrogen) atoms. The van der Waals surface area contributed by atoms with Crippen molar-refractivity contribution >= 4 is 5.97 Å². The number of hydrogen-bond acceptors (Lipinski definition) is 2. The average molecular weight is 154 g/mol. The van der Waals surface area contributed by atoms with Crippen LogP contribution in [0.15, 0.2) is 0 Å². The van der Waals surface area contributed by atoms with E-state index >= 15 is 0 Å². The van der Waals surface area contributed by atoms with E-state index in [4.69, 9.17) is 4.74 Å². The standard InChI is InChI=1S/C9H14O2/c1-11-8(10)9-5-3-2-4-7(9)6-9/h7H,2-6H2,1H3. The molecule has 0 bridgehead atoms. The Morgan fingerprint density at radius 2 is 2.36 bits per heavy atom. The quantitative estimate of drug-likeness (QED) is 0.538. The molecule has 0 heterocycles. The summed E-state index contributed by atoms with van der Waals surface area (Å²) in [6, 6.07) is 0. The Kier molecular flexibility index (Phi) is 1.44. The molecule has 2 aliphatic carbocycles. The second kappa shape index (κ2) is 2.23. The minimum atomic E-state index is -0.00694. The lowest BCUT2D eigenvalue weighted by Gasteiger charge is -2.18.